The number of rotatable bonds is 4. The maximum Gasteiger partial charge on any atom is 0.237 e. The topological polar surface area (TPSA) is 46.1 Å². The summed E-state index contributed by atoms with van der Waals surface area (Å²) in [5.41, 5.74) is 3.29. The Labute approximate surface area is 163 Å². The highest BCUT2D eigenvalue weighted by Crippen LogP contribution is 2.40. The fraction of sp³-hybridized carbons (Fsp3) is 0.318. The summed E-state index contributed by atoms with van der Waals surface area (Å²) in [5, 5.41) is 1.96. The molecule has 4 nitrogen and oxygen atoms in total. The lowest BCUT2D eigenvalue weighted by Crippen LogP contribution is -2.37. The van der Waals surface area contributed by atoms with Gasteiger partial charge in [0, 0.05) is 23.0 Å². The minimum absolute atomic E-state index is 0.146. The highest BCUT2D eigenvalue weighted by Gasteiger charge is 2.31. The molecule has 27 heavy (non-hydrogen) atoms. The van der Waals surface area contributed by atoms with Crippen molar-refractivity contribution in [2.45, 2.75) is 43.2 Å². The van der Waals surface area contributed by atoms with Gasteiger partial charge in [-0.1, -0.05) is 48.2 Å². The van der Waals surface area contributed by atoms with Crippen LogP contribution < -0.4 is 4.90 Å². The largest absolute Gasteiger partial charge is 0.308 e. The molecule has 1 fully saturated rings. The van der Waals surface area contributed by atoms with E-state index in [1.807, 2.05) is 47.4 Å². The lowest BCUT2D eigenvalue weighted by molar-refractivity contribution is -0.116. The Morgan fingerprint density at radius 1 is 1.11 bits per heavy atom. The third-order valence-electron chi connectivity index (χ3n) is 5.34. The molecule has 136 valence electrons. The zero-order valence-corrected chi connectivity index (χ0v) is 16.1. The maximum absolute atomic E-state index is 13.0. The van der Waals surface area contributed by atoms with Crippen LogP contribution in [0.5, 0.6) is 0 Å². The van der Waals surface area contributed by atoms with Gasteiger partial charge in [0.1, 0.15) is 10.9 Å². The van der Waals surface area contributed by atoms with Crippen LogP contribution in [-0.4, -0.2) is 27.7 Å². The molecular formula is C22H21N3OS. The van der Waals surface area contributed by atoms with Crippen LogP contribution in [0.2, 0.25) is 0 Å². The number of para-hydroxylation sites is 2. The molecule has 1 aliphatic carbocycles. The monoisotopic (exact) mass is 375 g/mol. The molecular weight excluding hydrogens is 354 g/mol. The normalized spacial score (nSPS) is 18.7. The molecule has 0 N–H and O–H groups in total. The highest BCUT2D eigenvalue weighted by atomic mass is 32.2. The van der Waals surface area contributed by atoms with E-state index in [0.717, 1.165) is 33.9 Å². The van der Waals surface area contributed by atoms with E-state index in [2.05, 4.69) is 13.0 Å². The zero-order chi connectivity index (χ0) is 18.4. The number of hydrogen-bond donors (Lipinski definition) is 0. The number of benzene rings is 2. The first kappa shape index (κ1) is 16.8. The molecule has 1 aliphatic heterocycles. The lowest BCUT2D eigenvalue weighted by Gasteiger charge is -2.22. The second-order valence-corrected chi connectivity index (χ2v) is 8.38. The second-order valence-electron chi connectivity index (χ2n) is 7.41. The Morgan fingerprint density at radius 3 is 2.74 bits per heavy atom. The second kappa shape index (κ2) is 6.64. The van der Waals surface area contributed by atoms with Crippen molar-refractivity contribution in [1.82, 2.24) is 9.97 Å². The first-order chi connectivity index (χ1) is 13.2. The molecule has 2 aromatic carbocycles. The van der Waals surface area contributed by atoms with Crippen LogP contribution in [0.1, 0.15) is 37.1 Å². The summed E-state index contributed by atoms with van der Waals surface area (Å²) in [6, 6.07) is 16.5. The molecule has 1 aromatic heterocycles. The molecule has 0 radical (unpaired) electrons. The summed E-state index contributed by atoms with van der Waals surface area (Å²) in [4.78, 5) is 24.5. The first-order valence-corrected chi connectivity index (χ1v) is 10.5. The SMILES string of the molecule is C[C@H]1Cc2ccccc2N1C(=O)CSc1nc(C2CC2)nc2ccccc12. The third-order valence-corrected chi connectivity index (χ3v) is 6.31. The Balaban J connectivity index is 1.41. The number of carbonyl (C=O) groups is 1. The van der Waals surface area contributed by atoms with Crippen molar-refractivity contribution >= 4 is 34.3 Å². The first-order valence-electron chi connectivity index (χ1n) is 9.50. The van der Waals surface area contributed by atoms with E-state index in [0.29, 0.717) is 11.7 Å². The molecule has 0 unspecified atom stereocenters. The Bertz CT molecular complexity index is 1030. The van der Waals surface area contributed by atoms with Crippen molar-refractivity contribution in [2.24, 2.45) is 0 Å². The number of hydrogen-bond acceptors (Lipinski definition) is 4. The van der Waals surface area contributed by atoms with Crippen LogP contribution >= 0.6 is 11.8 Å². The Kier molecular flexibility index (Phi) is 4.12. The third kappa shape index (κ3) is 3.10. The van der Waals surface area contributed by atoms with Crippen molar-refractivity contribution < 1.29 is 4.79 Å². The van der Waals surface area contributed by atoms with Gasteiger partial charge in [0.2, 0.25) is 5.91 Å². The van der Waals surface area contributed by atoms with E-state index in [1.54, 1.807) is 0 Å². The van der Waals surface area contributed by atoms with Gasteiger partial charge in [-0.05, 0) is 43.9 Å². The number of anilines is 1. The zero-order valence-electron chi connectivity index (χ0n) is 15.3. The molecule has 3 aromatic rings. The Morgan fingerprint density at radius 2 is 1.89 bits per heavy atom. The summed E-state index contributed by atoms with van der Waals surface area (Å²) in [6.07, 6.45) is 3.27. The average molecular weight is 375 g/mol. The van der Waals surface area contributed by atoms with Crippen molar-refractivity contribution in [3.63, 3.8) is 0 Å². The molecule has 1 amide bonds. The van der Waals surface area contributed by atoms with Gasteiger partial charge >= 0.3 is 0 Å². The number of thioether (sulfide) groups is 1. The maximum atomic E-state index is 13.0. The van der Waals surface area contributed by atoms with E-state index in [-0.39, 0.29) is 11.9 Å². The number of nitrogens with zero attached hydrogens (tertiary/aromatic N) is 3. The number of fused-ring (bicyclic) bond motifs is 2. The summed E-state index contributed by atoms with van der Waals surface area (Å²) in [6.45, 7) is 2.12. The van der Waals surface area contributed by atoms with Crippen LogP contribution in [0.25, 0.3) is 10.9 Å². The molecule has 5 rings (SSSR count). The van der Waals surface area contributed by atoms with Gasteiger partial charge < -0.3 is 4.90 Å². The van der Waals surface area contributed by atoms with Gasteiger partial charge in [-0.2, -0.15) is 0 Å². The summed E-state index contributed by atoms with van der Waals surface area (Å²) < 4.78 is 0. The molecule has 0 saturated heterocycles. The van der Waals surface area contributed by atoms with Gasteiger partial charge in [0.25, 0.3) is 0 Å². The fourth-order valence-corrected chi connectivity index (χ4v) is 4.73. The van der Waals surface area contributed by atoms with Gasteiger partial charge in [-0.25, -0.2) is 9.97 Å². The van der Waals surface area contributed by atoms with Crippen molar-refractivity contribution in [3.05, 3.63) is 59.9 Å². The van der Waals surface area contributed by atoms with Gasteiger partial charge in [-0.15, -0.1) is 0 Å². The quantitative estimate of drug-likeness (QED) is 0.495. The van der Waals surface area contributed by atoms with Crippen molar-refractivity contribution in [2.75, 3.05) is 10.7 Å². The molecule has 5 heteroatoms. The van der Waals surface area contributed by atoms with Crippen LogP contribution in [0.15, 0.2) is 53.6 Å². The van der Waals surface area contributed by atoms with E-state index in [1.165, 1.54) is 30.2 Å². The fourth-order valence-electron chi connectivity index (χ4n) is 3.84. The molecule has 0 spiro atoms. The lowest BCUT2D eigenvalue weighted by atomic mass is 10.1. The highest BCUT2D eigenvalue weighted by molar-refractivity contribution is 8.00. The summed E-state index contributed by atoms with van der Waals surface area (Å²) in [7, 11) is 0. The number of carbonyl (C=O) groups excluding carboxylic acids is 1. The van der Waals surface area contributed by atoms with Crippen molar-refractivity contribution in [1.29, 1.82) is 0 Å². The molecule has 1 atom stereocenters. The summed E-state index contributed by atoms with van der Waals surface area (Å²) >= 11 is 1.54. The standard InChI is InChI=1S/C22H21N3OS/c1-14-12-16-6-2-5-9-19(16)25(14)20(26)13-27-22-17-7-3-4-8-18(17)23-21(24-22)15-10-11-15/h2-9,14-15H,10-13H2,1H3/t14-/m0/s1. The van der Waals surface area contributed by atoms with Gasteiger partial charge in [-0.3, -0.25) is 4.79 Å². The van der Waals surface area contributed by atoms with E-state index in [9.17, 15) is 4.79 Å². The van der Waals surface area contributed by atoms with Crippen molar-refractivity contribution in [3.8, 4) is 0 Å². The molecule has 0 bridgehead atoms. The smallest absolute Gasteiger partial charge is 0.237 e. The molecule has 2 aliphatic rings. The minimum Gasteiger partial charge on any atom is -0.308 e. The average Bonchev–Trinajstić information content (AvgIpc) is 3.48. The van der Waals surface area contributed by atoms with Crippen LogP contribution in [-0.2, 0) is 11.2 Å². The predicted octanol–water partition coefficient (Wildman–Crippen LogP) is 4.58. The van der Waals surface area contributed by atoms with E-state index >= 15 is 0 Å². The summed E-state index contributed by atoms with van der Waals surface area (Å²) in [5.74, 6) is 1.97. The minimum atomic E-state index is 0.146. The van der Waals surface area contributed by atoms with E-state index < -0.39 is 0 Å². The van der Waals surface area contributed by atoms with Gasteiger partial charge in [0.15, 0.2) is 0 Å². The van der Waals surface area contributed by atoms with Crippen LogP contribution in [0, 0.1) is 0 Å². The van der Waals surface area contributed by atoms with Crippen LogP contribution in [0.3, 0.4) is 0 Å². The molecule has 1 saturated carbocycles. The molecule has 2 heterocycles. The van der Waals surface area contributed by atoms with E-state index in [4.69, 9.17) is 9.97 Å². The Hall–Kier alpha value is -2.40. The number of amides is 1. The number of aromatic nitrogens is 2. The van der Waals surface area contributed by atoms with Gasteiger partial charge in [0.05, 0.1) is 11.3 Å². The predicted molar refractivity (Wildman–Crippen MR) is 109 cm³/mol. The van der Waals surface area contributed by atoms with Crippen LogP contribution in [0.4, 0.5) is 5.69 Å².